The lowest BCUT2D eigenvalue weighted by Crippen LogP contribution is -2.03. The first-order valence-corrected chi connectivity index (χ1v) is 6.28. The van der Waals surface area contributed by atoms with E-state index in [1.165, 1.54) is 19.5 Å². The number of nitrogens with zero attached hydrogens (tertiary/aromatic N) is 2. The zero-order valence-corrected chi connectivity index (χ0v) is 10.9. The second-order valence-electron chi connectivity index (χ2n) is 4.04. The normalized spacial score (nSPS) is 12.2. The van der Waals surface area contributed by atoms with Crippen molar-refractivity contribution in [3.8, 4) is 0 Å². The summed E-state index contributed by atoms with van der Waals surface area (Å²) in [4.78, 5) is 15.9. The molecule has 0 aliphatic carbocycles. The first-order valence-electron chi connectivity index (χ1n) is 5.47. The molecule has 0 atom stereocenters. The van der Waals surface area contributed by atoms with E-state index in [4.69, 9.17) is 0 Å². The Bertz CT molecular complexity index is 819. The molecule has 0 saturated carbocycles. The van der Waals surface area contributed by atoms with Gasteiger partial charge in [-0.05, 0) is 18.2 Å². The highest BCUT2D eigenvalue weighted by molar-refractivity contribution is 7.24. The molecule has 2 heterocycles. The summed E-state index contributed by atoms with van der Waals surface area (Å²) in [5.41, 5.74) is -0.0509. The summed E-state index contributed by atoms with van der Waals surface area (Å²) in [6.45, 7) is 0. The molecular formula is C12H7F3N2O2S. The van der Waals surface area contributed by atoms with Gasteiger partial charge in [0.2, 0.25) is 0 Å². The van der Waals surface area contributed by atoms with Crippen LogP contribution in [0, 0.1) is 0 Å². The fourth-order valence-electron chi connectivity index (χ4n) is 1.92. The topological polar surface area (TPSA) is 43.6 Å². The lowest BCUT2D eigenvalue weighted by molar-refractivity contribution is -0.137. The maximum atomic E-state index is 12.7. The largest absolute Gasteiger partial charge is 0.464 e. The van der Waals surface area contributed by atoms with Gasteiger partial charge in [-0.2, -0.15) is 13.2 Å². The van der Waals surface area contributed by atoms with Crippen LogP contribution in [0.25, 0.3) is 15.0 Å². The quantitative estimate of drug-likeness (QED) is 0.647. The van der Waals surface area contributed by atoms with E-state index < -0.39 is 17.7 Å². The summed E-state index contributed by atoms with van der Waals surface area (Å²) >= 11 is 1.07. The molecule has 0 unspecified atom stereocenters. The fraction of sp³-hybridized carbons (Fsp3) is 0.167. The smallest absolute Gasteiger partial charge is 0.416 e. The summed E-state index contributed by atoms with van der Waals surface area (Å²) in [6, 6.07) is 3.44. The van der Waals surface area contributed by atoms with Crippen molar-refractivity contribution in [3.05, 3.63) is 35.8 Å². The van der Waals surface area contributed by atoms with Gasteiger partial charge in [-0.15, -0.1) is 11.3 Å². The third-order valence-electron chi connectivity index (χ3n) is 2.86. The van der Waals surface area contributed by atoms with Crippen molar-refractivity contribution in [1.29, 1.82) is 0 Å². The number of halogens is 3. The van der Waals surface area contributed by atoms with Gasteiger partial charge in [-0.25, -0.2) is 9.78 Å². The fourth-order valence-corrected chi connectivity index (χ4v) is 3.06. The van der Waals surface area contributed by atoms with E-state index >= 15 is 0 Å². The Morgan fingerprint density at radius 1 is 1.40 bits per heavy atom. The third kappa shape index (κ3) is 1.83. The average Bonchev–Trinajstić information content (AvgIpc) is 2.94. The molecule has 0 amide bonds. The molecule has 104 valence electrons. The maximum Gasteiger partial charge on any atom is 0.416 e. The molecule has 8 heteroatoms. The van der Waals surface area contributed by atoms with Crippen LogP contribution in [0.5, 0.6) is 0 Å². The SMILES string of the molecule is COC(=O)c1ncn2c1sc1cc(C(F)(F)F)ccc12. The standard InChI is InChI=1S/C12H7F3N2O2S/c1-19-11(18)9-10-17(5-16-9)7-3-2-6(12(13,14)15)4-8(7)20-10/h2-5H,1H3. The molecule has 3 rings (SSSR count). The van der Waals surface area contributed by atoms with Gasteiger partial charge in [0.05, 0.1) is 22.9 Å². The summed E-state index contributed by atoms with van der Waals surface area (Å²) in [5.74, 6) is -0.616. The Balaban J connectivity index is 2.26. The lowest BCUT2D eigenvalue weighted by Gasteiger charge is -2.05. The van der Waals surface area contributed by atoms with Gasteiger partial charge in [0.15, 0.2) is 5.69 Å². The number of aromatic nitrogens is 2. The van der Waals surface area contributed by atoms with Gasteiger partial charge in [0.25, 0.3) is 0 Å². The van der Waals surface area contributed by atoms with Crippen molar-refractivity contribution in [2.45, 2.75) is 6.18 Å². The molecule has 0 bridgehead atoms. The second kappa shape index (κ2) is 4.20. The number of rotatable bonds is 1. The highest BCUT2D eigenvalue weighted by atomic mass is 32.1. The molecule has 0 N–H and O–H groups in total. The van der Waals surface area contributed by atoms with Crippen molar-refractivity contribution >= 4 is 32.4 Å². The van der Waals surface area contributed by atoms with Crippen LogP contribution in [0.1, 0.15) is 16.1 Å². The van der Waals surface area contributed by atoms with Crippen molar-refractivity contribution in [2.24, 2.45) is 0 Å². The number of imidazole rings is 1. The number of hydrogen-bond acceptors (Lipinski definition) is 4. The van der Waals surface area contributed by atoms with Crippen molar-refractivity contribution in [3.63, 3.8) is 0 Å². The number of hydrogen-bond donors (Lipinski definition) is 0. The monoisotopic (exact) mass is 300 g/mol. The lowest BCUT2D eigenvalue weighted by atomic mass is 10.2. The highest BCUT2D eigenvalue weighted by Gasteiger charge is 2.31. The zero-order chi connectivity index (χ0) is 14.5. The van der Waals surface area contributed by atoms with Crippen LogP contribution in [0.3, 0.4) is 0 Å². The number of esters is 1. The number of carbonyl (C=O) groups is 1. The van der Waals surface area contributed by atoms with E-state index in [2.05, 4.69) is 9.72 Å². The molecule has 2 aromatic heterocycles. The Morgan fingerprint density at radius 2 is 2.15 bits per heavy atom. The molecule has 0 aliphatic heterocycles. The molecule has 4 nitrogen and oxygen atoms in total. The molecule has 0 fully saturated rings. The van der Waals surface area contributed by atoms with E-state index in [0.717, 1.165) is 23.5 Å². The predicted molar refractivity (Wildman–Crippen MR) is 66.9 cm³/mol. The van der Waals surface area contributed by atoms with Crippen LogP contribution >= 0.6 is 11.3 Å². The number of fused-ring (bicyclic) bond motifs is 3. The average molecular weight is 300 g/mol. The van der Waals surface area contributed by atoms with Crippen LogP contribution in [-0.2, 0) is 10.9 Å². The minimum Gasteiger partial charge on any atom is -0.464 e. The van der Waals surface area contributed by atoms with Crippen LogP contribution in [0.2, 0.25) is 0 Å². The van der Waals surface area contributed by atoms with Crippen molar-refractivity contribution in [1.82, 2.24) is 9.38 Å². The van der Waals surface area contributed by atoms with Crippen LogP contribution in [-0.4, -0.2) is 22.5 Å². The van der Waals surface area contributed by atoms with Crippen molar-refractivity contribution < 1.29 is 22.7 Å². The first-order chi connectivity index (χ1) is 9.41. The number of methoxy groups -OCH3 is 1. The molecule has 0 spiro atoms. The minimum absolute atomic E-state index is 0.0993. The van der Waals surface area contributed by atoms with Gasteiger partial charge >= 0.3 is 12.1 Å². The van der Waals surface area contributed by atoms with E-state index in [9.17, 15) is 18.0 Å². The maximum absolute atomic E-state index is 12.7. The molecule has 20 heavy (non-hydrogen) atoms. The Kier molecular flexibility index (Phi) is 2.72. The summed E-state index contributed by atoms with van der Waals surface area (Å²) in [6.07, 6.45) is -3.00. The zero-order valence-electron chi connectivity index (χ0n) is 10.1. The number of benzene rings is 1. The number of thiazole rings is 1. The Morgan fingerprint density at radius 3 is 2.80 bits per heavy atom. The summed E-state index contributed by atoms with van der Waals surface area (Å²) in [5, 5.41) is 0. The van der Waals surface area contributed by atoms with Gasteiger partial charge in [0, 0.05) is 0 Å². The van der Waals surface area contributed by atoms with E-state index in [-0.39, 0.29) is 5.69 Å². The molecule has 0 radical (unpaired) electrons. The molecule has 3 aromatic rings. The number of alkyl halides is 3. The van der Waals surface area contributed by atoms with Gasteiger partial charge in [0.1, 0.15) is 11.2 Å². The van der Waals surface area contributed by atoms with E-state index in [1.54, 1.807) is 4.40 Å². The van der Waals surface area contributed by atoms with Gasteiger partial charge in [-0.3, -0.25) is 4.40 Å². The Labute approximate surface area is 114 Å². The van der Waals surface area contributed by atoms with E-state index in [1.807, 2.05) is 0 Å². The van der Waals surface area contributed by atoms with Crippen LogP contribution < -0.4 is 0 Å². The molecule has 0 aliphatic rings. The van der Waals surface area contributed by atoms with Gasteiger partial charge < -0.3 is 4.74 Å². The van der Waals surface area contributed by atoms with Crippen LogP contribution in [0.4, 0.5) is 13.2 Å². The van der Waals surface area contributed by atoms with Crippen molar-refractivity contribution in [2.75, 3.05) is 7.11 Å². The second-order valence-corrected chi connectivity index (χ2v) is 5.07. The molecule has 1 aromatic carbocycles. The Hall–Kier alpha value is -2.09. The van der Waals surface area contributed by atoms with Crippen LogP contribution in [0.15, 0.2) is 24.5 Å². The minimum atomic E-state index is -4.39. The number of ether oxygens (including phenoxy) is 1. The number of carbonyl (C=O) groups excluding carboxylic acids is 1. The van der Waals surface area contributed by atoms with Gasteiger partial charge in [-0.1, -0.05) is 0 Å². The summed E-state index contributed by atoms with van der Waals surface area (Å²) in [7, 11) is 1.22. The van der Waals surface area contributed by atoms with E-state index in [0.29, 0.717) is 15.0 Å². The summed E-state index contributed by atoms with van der Waals surface area (Å²) < 4.78 is 44.6. The molecular weight excluding hydrogens is 293 g/mol. The molecule has 0 saturated heterocycles. The third-order valence-corrected chi connectivity index (χ3v) is 3.99. The predicted octanol–water partition coefficient (Wildman–Crippen LogP) is 3.35. The highest BCUT2D eigenvalue weighted by Crippen LogP contribution is 2.35. The first kappa shape index (κ1) is 12.9.